The van der Waals surface area contributed by atoms with Crippen LogP contribution in [0.2, 0.25) is 15.1 Å². The van der Waals surface area contributed by atoms with Crippen LogP contribution in [0.5, 0.6) is 0 Å². The van der Waals surface area contributed by atoms with Gasteiger partial charge in [-0.1, -0.05) is 46.1 Å². The Bertz CT molecular complexity index is 1040. The Morgan fingerprint density at radius 2 is 1.69 bits per heavy atom. The van der Waals surface area contributed by atoms with Gasteiger partial charge in [0.1, 0.15) is 11.3 Å². The van der Waals surface area contributed by atoms with Crippen molar-refractivity contribution in [1.29, 1.82) is 0 Å². The van der Waals surface area contributed by atoms with Crippen LogP contribution in [0.15, 0.2) is 41.3 Å². The number of nitrogens with one attached hydrogen (secondary N) is 2. The Hall–Kier alpha value is -1.58. The third-order valence-electron chi connectivity index (χ3n) is 3.25. The number of nitrogens with zero attached hydrogens (tertiary/aromatic N) is 1. The molecule has 2 N–H and O–H groups in total. The van der Waals surface area contributed by atoms with Crippen molar-refractivity contribution in [3.05, 3.63) is 51.5 Å². The number of hydrogen-bond acceptors (Lipinski definition) is 6. The summed E-state index contributed by atoms with van der Waals surface area (Å²) in [6.45, 7) is 0. The summed E-state index contributed by atoms with van der Waals surface area (Å²) in [4.78, 5) is 16.2. The lowest BCUT2D eigenvalue weighted by Gasteiger charge is -2.06. The van der Waals surface area contributed by atoms with Gasteiger partial charge in [-0.05, 0) is 36.4 Å². The molecule has 0 bridgehead atoms. The van der Waals surface area contributed by atoms with Crippen molar-refractivity contribution in [2.45, 2.75) is 4.90 Å². The SMILES string of the molecule is O=C(CS(=O)(=O)c1ccc(Cl)cc1)NNc1nc2c(Cl)ccc(Cl)c2s1. The number of halogens is 3. The number of fused-ring (bicyclic) bond motifs is 1. The largest absolute Gasteiger partial charge is 0.273 e. The predicted molar refractivity (Wildman–Crippen MR) is 105 cm³/mol. The van der Waals surface area contributed by atoms with E-state index in [1.807, 2.05) is 0 Å². The predicted octanol–water partition coefficient (Wildman–Crippen LogP) is 4.17. The molecule has 0 atom stereocenters. The minimum absolute atomic E-state index is 0.00982. The summed E-state index contributed by atoms with van der Waals surface area (Å²) < 4.78 is 25.1. The van der Waals surface area contributed by atoms with Gasteiger partial charge in [-0.2, -0.15) is 0 Å². The Morgan fingerprint density at radius 3 is 2.35 bits per heavy atom. The molecule has 6 nitrogen and oxygen atoms in total. The van der Waals surface area contributed by atoms with Crippen molar-refractivity contribution in [3.63, 3.8) is 0 Å². The average molecular weight is 451 g/mol. The maximum absolute atomic E-state index is 12.2. The Balaban J connectivity index is 1.68. The number of carbonyl (C=O) groups excluding carboxylic acids is 1. The first-order valence-electron chi connectivity index (χ1n) is 7.04. The summed E-state index contributed by atoms with van der Waals surface area (Å²) in [7, 11) is -3.79. The number of sulfone groups is 1. The molecule has 0 saturated carbocycles. The molecule has 26 heavy (non-hydrogen) atoms. The molecule has 3 rings (SSSR count). The molecular formula is C15H10Cl3N3O3S2. The molecule has 0 fully saturated rings. The second-order valence-corrected chi connectivity index (χ2v) is 9.35. The maximum Gasteiger partial charge on any atom is 0.253 e. The third-order valence-corrected chi connectivity index (χ3v) is 6.87. The molecule has 0 aliphatic carbocycles. The van der Waals surface area contributed by atoms with Gasteiger partial charge in [0, 0.05) is 5.02 Å². The Kier molecular flexibility index (Phi) is 5.59. The second-order valence-electron chi connectivity index (χ2n) is 5.11. The van der Waals surface area contributed by atoms with Crippen molar-refractivity contribution in [3.8, 4) is 0 Å². The van der Waals surface area contributed by atoms with E-state index >= 15 is 0 Å². The summed E-state index contributed by atoms with van der Waals surface area (Å²) in [5, 5.41) is 1.63. The molecule has 0 unspecified atom stereocenters. The van der Waals surface area contributed by atoms with Gasteiger partial charge < -0.3 is 0 Å². The van der Waals surface area contributed by atoms with E-state index < -0.39 is 21.5 Å². The molecule has 0 radical (unpaired) electrons. The highest BCUT2D eigenvalue weighted by Gasteiger charge is 2.19. The molecule has 1 heterocycles. The van der Waals surface area contributed by atoms with Crippen molar-refractivity contribution < 1.29 is 13.2 Å². The van der Waals surface area contributed by atoms with E-state index in [0.29, 0.717) is 30.4 Å². The molecule has 1 aromatic heterocycles. The minimum atomic E-state index is -3.79. The summed E-state index contributed by atoms with van der Waals surface area (Å²) >= 11 is 19.0. The van der Waals surface area contributed by atoms with E-state index in [9.17, 15) is 13.2 Å². The quantitative estimate of drug-likeness (QED) is 0.570. The standard InChI is InChI=1S/C15H10Cl3N3O3S2/c16-8-1-3-9(4-2-8)26(23,24)7-12(22)20-21-15-19-13-10(17)5-6-11(18)14(13)25-15/h1-6H,7H2,(H,19,21)(H,20,22). The molecule has 136 valence electrons. The topological polar surface area (TPSA) is 88.2 Å². The first-order chi connectivity index (χ1) is 12.3. The highest BCUT2D eigenvalue weighted by atomic mass is 35.5. The van der Waals surface area contributed by atoms with E-state index in [-0.39, 0.29) is 4.90 Å². The summed E-state index contributed by atoms with van der Waals surface area (Å²) in [5.41, 5.74) is 5.38. The van der Waals surface area contributed by atoms with E-state index in [1.54, 1.807) is 12.1 Å². The van der Waals surface area contributed by atoms with E-state index in [1.165, 1.54) is 35.6 Å². The van der Waals surface area contributed by atoms with Crippen LogP contribution in [0.1, 0.15) is 0 Å². The third kappa shape index (κ3) is 4.21. The Labute approximate surface area is 168 Å². The lowest BCUT2D eigenvalue weighted by Crippen LogP contribution is -2.34. The van der Waals surface area contributed by atoms with Gasteiger partial charge in [-0.25, -0.2) is 13.4 Å². The van der Waals surface area contributed by atoms with Gasteiger partial charge in [0.15, 0.2) is 9.84 Å². The number of benzene rings is 2. The number of rotatable bonds is 5. The lowest BCUT2D eigenvalue weighted by atomic mass is 10.3. The summed E-state index contributed by atoms with van der Waals surface area (Å²) in [6, 6.07) is 8.84. The first-order valence-corrected chi connectivity index (χ1v) is 10.6. The smallest absolute Gasteiger partial charge is 0.253 e. The molecule has 2 aromatic carbocycles. The molecule has 0 saturated heterocycles. The lowest BCUT2D eigenvalue weighted by molar-refractivity contribution is -0.118. The molecule has 0 aliphatic rings. The van der Waals surface area contributed by atoms with Crippen LogP contribution in [-0.4, -0.2) is 25.1 Å². The molecule has 0 aliphatic heterocycles. The monoisotopic (exact) mass is 449 g/mol. The van der Waals surface area contributed by atoms with E-state index in [0.717, 1.165) is 0 Å². The van der Waals surface area contributed by atoms with Gasteiger partial charge >= 0.3 is 0 Å². The number of thiazole rings is 1. The normalized spacial score (nSPS) is 11.5. The van der Waals surface area contributed by atoms with Gasteiger partial charge in [-0.3, -0.25) is 15.6 Å². The molecular weight excluding hydrogens is 441 g/mol. The highest BCUT2D eigenvalue weighted by Crippen LogP contribution is 2.35. The molecule has 11 heteroatoms. The number of anilines is 1. The number of hydrogen-bond donors (Lipinski definition) is 2. The molecule has 1 amide bonds. The molecule has 3 aromatic rings. The minimum Gasteiger partial charge on any atom is -0.273 e. The Morgan fingerprint density at radius 1 is 1.04 bits per heavy atom. The fraction of sp³-hybridized carbons (Fsp3) is 0.0667. The van der Waals surface area contributed by atoms with Crippen molar-refractivity contribution in [2.75, 3.05) is 11.2 Å². The number of amides is 1. The van der Waals surface area contributed by atoms with Crippen molar-refractivity contribution >= 4 is 77.2 Å². The van der Waals surface area contributed by atoms with Gasteiger partial charge in [0.2, 0.25) is 5.13 Å². The fourth-order valence-electron chi connectivity index (χ4n) is 2.06. The van der Waals surface area contributed by atoms with Crippen LogP contribution >= 0.6 is 46.1 Å². The maximum atomic E-state index is 12.2. The number of aromatic nitrogens is 1. The zero-order chi connectivity index (χ0) is 18.9. The van der Waals surface area contributed by atoms with Crippen molar-refractivity contribution in [1.82, 2.24) is 10.4 Å². The van der Waals surface area contributed by atoms with Crippen LogP contribution in [0.3, 0.4) is 0 Å². The average Bonchev–Trinajstić information content (AvgIpc) is 3.02. The van der Waals surface area contributed by atoms with Crippen LogP contribution in [-0.2, 0) is 14.6 Å². The summed E-state index contributed by atoms with van der Waals surface area (Å²) in [5.74, 6) is -1.47. The van der Waals surface area contributed by atoms with Gasteiger partial charge in [0.25, 0.3) is 5.91 Å². The highest BCUT2D eigenvalue weighted by molar-refractivity contribution is 7.92. The van der Waals surface area contributed by atoms with E-state index in [4.69, 9.17) is 34.8 Å². The first kappa shape index (κ1) is 19.2. The zero-order valence-electron chi connectivity index (χ0n) is 12.8. The van der Waals surface area contributed by atoms with Crippen LogP contribution < -0.4 is 10.9 Å². The van der Waals surface area contributed by atoms with Crippen LogP contribution in [0.25, 0.3) is 10.2 Å². The van der Waals surface area contributed by atoms with Gasteiger partial charge in [-0.15, -0.1) is 0 Å². The summed E-state index contributed by atoms with van der Waals surface area (Å²) in [6.07, 6.45) is 0. The number of hydrazine groups is 1. The van der Waals surface area contributed by atoms with Gasteiger partial charge in [0.05, 0.1) is 19.6 Å². The van der Waals surface area contributed by atoms with Crippen LogP contribution in [0.4, 0.5) is 5.13 Å². The molecule has 0 spiro atoms. The fourth-order valence-corrected chi connectivity index (χ4v) is 4.69. The second kappa shape index (κ2) is 7.58. The zero-order valence-corrected chi connectivity index (χ0v) is 16.7. The van der Waals surface area contributed by atoms with E-state index in [2.05, 4.69) is 15.8 Å². The van der Waals surface area contributed by atoms with Crippen molar-refractivity contribution in [2.24, 2.45) is 0 Å². The van der Waals surface area contributed by atoms with Crippen LogP contribution in [0, 0.1) is 0 Å². The number of carbonyl (C=O) groups is 1.